The van der Waals surface area contributed by atoms with Crippen LogP contribution >= 0.6 is 0 Å². The first-order valence-electron chi connectivity index (χ1n) is 4.85. The van der Waals surface area contributed by atoms with Crippen LogP contribution in [0.25, 0.3) is 0 Å². The highest BCUT2D eigenvalue weighted by molar-refractivity contribution is 7.86. The lowest BCUT2D eigenvalue weighted by Gasteiger charge is -2.17. The van der Waals surface area contributed by atoms with Crippen molar-refractivity contribution in [2.45, 2.75) is 26.0 Å². The highest BCUT2D eigenvalue weighted by Gasteiger charge is 2.18. The van der Waals surface area contributed by atoms with Crippen molar-refractivity contribution in [3.05, 3.63) is 0 Å². The molecule has 0 aromatic carbocycles. The number of carboxylic acid groups (broad SMARTS) is 1. The van der Waals surface area contributed by atoms with Crippen molar-refractivity contribution in [3.8, 4) is 0 Å². The van der Waals surface area contributed by atoms with Gasteiger partial charge in [-0.25, -0.2) is 0 Å². The SMILES string of the molecule is CCN(CC)CCS(=O)C(C)C(=O)O. The molecule has 0 amide bonds. The third kappa shape index (κ3) is 4.72. The van der Waals surface area contributed by atoms with Gasteiger partial charge in [0.1, 0.15) is 5.25 Å². The van der Waals surface area contributed by atoms with Crippen LogP contribution in [0.3, 0.4) is 0 Å². The minimum Gasteiger partial charge on any atom is -0.480 e. The second-order valence-corrected chi connectivity index (χ2v) is 4.97. The van der Waals surface area contributed by atoms with E-state index in [-0.39, 0.29) is 0 Å². The highest BCUT2D eigenvalue weighted by atomic mass is 32.2. The maximum Gasteiger partial charge on any atom is 0.318 e. The molecule has 2 atom stereocenters. The average Bonchev–Trinajstić information content (AvgIpc) is 2.17. The molecule has 0 aliphatic heterocycles. The summed E-state index contributed by atoms with van der Waals surface area (Å²) >= 11 is 0. The zero-order chi connectivity index (χ0) is 11.1. The summed E-state index contributed by atoms with van der Waals surface area (Å²) in [5.74, 6) is -0.544. The number of carboxylic acids is 1. The predicted octanol–water partition coefficient (Wildman–Crippen LogP) is 0.550. The van der Waals surface area contributed by atoms with E-state index in [0.717, 1.165) is 13.1 Å². The number of rotatable bonds is 7. The van der Waals surface area contributed by atoms with E-state index in [1.54, 1.807) is 0 Å². The van der Waals surface area contributed by atoms with Crippen molar-refractivity contribution in [3.63, 3.8) is 0 Å². The van der Waals surface area contributed by atoms with E-state index in [2.05, 4.69) is 4.90 Å². The number of hydrogen-bond acceptors (Lipinski definition) is 3. The summed E-state index contributed by atoms with van der Waals surface area (Å²) in [6.45, 7) is 8.09. The van der Waals surface area contributed by atoms with Crippen LogP contribution in [0.4, 0.5) is 0 Å². The van der Waals surface area contributed by atoms with Gasteiger partial charge in [-0.3, -0.25) is 9.00 Å². The normalized spacial score (nSPS) is 15.4. The molecule has 0 heterocycles. The second kappa shape index (κ2) is 6.95. The minimum absolute atomic E-state index is 0.440. The van der Waals surface area contributed by atoms with Gasteiger partial charge >= 0.3 is 5.97 Å². The van der Waals surface area contributed by atoms with Crippen LogP contribution in [0, 0.1) is 0 Å². The molecule has 0 fully saturated rings. The average molecular weight is 221 g/mol. The first kappa shape index (κ1) is 13.6. The molecule has 0 spiro atoms. The Hall–Kier alpha value is -0.420. The zero-order valence-corrected chi connectivity index (χ0v) is 9.84. The van der Waals surface area contributed by atoms with Gasteiger partial charge in [0.15, 0.2) is 0 Å². The maximum absolute atomic E-state index is 11.4. The Kier molecular flexibility index (Phi) is 6.74. The Bertz CT molecular complexity index is 204. The van der Waals surface area contributed by atoms with Gasteiger partial charge in [-0.05, 0) is 20.0 Å². The van der Waals surface area contributed by atoms with Gasteiger partial charge in [-0.1, -0.05) is 13.8 Å². The molecule has 14 heavy (non-hydrogen) atoms. The molecule has 0 aliphatic carbocycles. The van der Waals surface area contributed by atoms with Crippen LogP contribution in [-0.2, 0) is 15.6 Å². The smallest absolute Gasteiger partial charge is 0.318 e. The number of aliphatic carboxylic acids is 1. The Balaban J connectivity index is 3.89. The lowest BCUT2D eigenvalue weighted by Crippen LogP contribution is -2.31. The van der Waals surface area contributed by atoms with Crippen molar-refractivity contribution in [1.29, 1.82) is 0 Å². The van der Waals surface area contributed by atoms with Crippen LogP contribution in [0.2, 0.25) is 0 Å². The molecule has 0 saturated carbocycles. The van der Waals surface area contributed by atoms with E-state index in [9.17, 15) is 9.00 Å². The highest BCUT2D eigenvalue weighted by Crippen LogP contribution is 1.98. The largest absolute Gasteiger partial charge is 0.480 e. The van der Waals surface area contributed by atoms with Crippen molar-refractivity contribution in [2.24, 2.45) is 0 Å². The quantitative estimate of drug-likeness (QED) is 0.682. The van der Waals surface area contributed by atoms with E-state index in [1.807, 2.05) is 13.8 Å². The molecule has 0 aromatic rings. The fourth-order valence-electron chi connectivity index (χ4n) is 1.05. The van der Waals surface area contributed by atoms with Gasteiger partial charge in [-0.2, -0.15) is 0 Å². The van der Waals surface area contributed by atoms with E-state index < -0.39 is 22.0 Å². The molecule has 5 heteroatoms. The molecule has 0 radical (unpaired) electrons. The van der Waals surface area contributed by atoms with E-state index in [4.69, 9.17) is 5.11 Å². The van der Waals surface area contributed by atoms with Gasteiger partial charge in [0.05, 0.1) is 0 Å². The summed E-state index contributed by atoms with van der Waals surface area (Å²) < 4.78 is 11.4. The minimum atomic E-state index is -1.26. The summed E-state index contributed by atoms with van der Waals surface area (Å²) in [6.07, 6.45) is 0. The summed E-state index contributed by atoms with van der Waals surface area (Å²) in [5.41, 5.74) is 0. The lowest BCUT2D eigenvalue weighted by molar-refractivity contribution is -0.136. The third-order valence-electron chi connectivity index (χ3n) is 2.25. The molecule has 2 unspecified atom stereocenters. The fraction of sp³-hybridized carbons (Fsp3) is 0.889. The number of hydrogen-bond donors (Lipinski definition) is 1. The molecule has 0 saturated heterocycles. The zero-order valence-electron chi connectivity index (χ0n) is 9.02. The molecule has 0 aromatic heterocycles. The third-order valence-corrected chi connectivity index (χ3v) is 3.82. The van der Waals surface area contributed by atoms with Gasteiger partial charge < -0.3 is 10.0 Å². The van der Waals surface area contributed by atoms with Crippen LogP contribution in [-0.4, -0.2) is 50.8 Å². The summed E-state index contributed by atoms with van der Waals surface area (Å²) in [4.78, 5) is 12.6. The molecule has 0 aliphatic rings. The maximum atomic E-state index is 11.4. The van der Waals surface area contributed by atoms with Crippen molar-refractivity contribution >= 4 is 16.8 Å². The standard InChI is InChI=1S/C9H19NO3S/c1-4-10(5-2)6-7-14(13)8(3)9(11)12/h8H,4-7H2,1-3H3,(H,11,12). The van der Waals surface area contributed by atoms with Gasteiger partial charge in [-0.15, -0.1) is 0 Å². The van der Waals surface area contributed by atoms with Crippen LogP contribution < -0.4 is 0 Å². The van der Waals surface area contributed by atoms with Crippen LogP contribution in [0.5, 0.6) is 0 Å². The Morgan fingerprint density at radius 1 is 1.43 bits per heavy atom. The summed E-state index contributed by atoms with van der Waals surface area (Å²) in [6, 6.07) is 0. The van der Waals surface area contributed by atoms with E-state index in [1.165, 1.54) is 6.92 Å². The van der Waals surface area contributed by atoms with Gasteiger partial charge in [0.2, 0.25) is 0 Å². The van der Waals surface area contributed by atoms with E-state index >= 15 is 0 Å². The van der Waals surface area contributed by atoms with Gasteiger partial charge in [0, 0.05) is 23.1 Å². The van der Waals surface area contributed by atoms with Crippen LogP contribution in [0.1, 0.15) is 20.8 Å². The number of carbonyl (C=O) groups is 1. The monoisotopic (exact) mass is 221 g/mol. The molecule has 0 rings (SSSR count). The second-order valence-electron chi connectivity index (χ2n) is 3.09. The van der Waals surface area contributed by atoms with Crippen molar-refractivity contribution < 1.29 is 14.1 Å². The fourth-order valence-corrected chi connectivity index (χ4v) is 2.06. The first-order chi connectivity index (χ1) is 6.52. The van der Waals surface area contributed by atoms with Crippen molar-refractivity contribution in [2.75, 3.05) is 25.4 Å². The summed E-state index contributed by atoms with van der Waals surface area (Å²) in [5, 5.41) is 7.87. The molecule has 0 bridgehead atoms. The molecule has 4 nitrogen and oxygen atoms in total. The predicted molar refractivity (Wildman–Crippen MR) is 57.9 cm³/mol. The molecular formula is C9H19NO3S. The summed E-state index contributed by atoms with van der Waals surface area (Å²) in [7, 11) is -1.26. The Morgan fingerprint density at radius 2 is 1.93 bits per heavy atom. The Morgan fingerprint density at radius 3 is 2.29 bits per heavy atom. The van der Waals surface area contributed by atoms with Crippen molar-refractivity contribution in [1.82, 2.24) is 4.90 Å². The van der Waals surface area contributed by atoms with E-state index in [0.29, 0.717) is 12.3 Å². The van der Waals surface area contributed by atoms with Crippen LogP contribution in [0.15, 0.2) is 0 Å². The first-order valence-corrected chi connectivity index (χ1v) is 6.23. The lowest BCUT2D eigenvalue weighted by atomic mass is 10.5. The molecular weight excluding hydrogens is 202 g/mol. The molecule has 1 N–H and O–H groups in total. The molecule has 84 valence electrons. The Labute approximate surface area is 87.7 Å². The number of nitrogens with zero attached hydrogens (tertiary/aromatic N) is 1. The van der Waals surface area contributed by atoms with Gasteiger partial charge in [0.25, 0.3) is 0 Å². The topological polar surface area (TPSA) is 57.6 Å².